The van der Waals surface area contributed by atoms with Gasteiger partial charge in [-0.3, -0.25) is 9.74 Å². The van der Waals surface area contributed by atoms with Crippen LogP contribution in [-0.4, -0.2) is 43.0 Å². The molecule has 2 heterocycles. The van der Waals surface area contributed by atoms with Crippen LogP contribution in [0.1, 0.15) is 12.0 Å². The topological polar surface area (TPSA) is 62.2 Å². The van der Waals surface area contributed by atoms with E-state index in [1.54, 1.807) is 5.06 Å². The van der Waals surface area contributed by atoms with Crippen LogP contribution in [0.3, 0.4) is 0 Å². The van der Waals surface area contributed by atoms with Gasteiger partial charge in [-0.25, -0.2) is 9.86 Å². The van der Waals surface area contributed by atoms with Crippen LogP contribution in [0.4, 0.5) is 10.5 Å². The maximum absolute atomic E-state index is 11.8. The fourth-order valence-corrected chi connectivity index (χ4v) is 3.06. The lowest BCUT2D eigenvalue weighted by Gasteiger charge is -2.33. The monoisotopic (exact) mass is 264 g/mol. The van der Waals surface area contributed by atoms with Gasteiger partial charge < -0.3 is 9.84 Å². The van der Waals surface area contributed by atoms with Gasteiger partial charge in [0.05, 0.1) is 19.9 Å². The van der Waals surface area contributed by atoms with Crippen molar-refractivity contribution in [3.05, 3.63) is 29.8 Å². The van der Waals surface area contributed by atoms with Crippen LogP contribution in [0, 0.1) is 0 Å². The number of ether oxygens (including phenoxy) is 1. The number of nitrogens with zero attached hydrogens (tertiary/aromatic N) is 2. The number of methoxy groups -OCH3 is 1. The number of anilines is 1. The normalized spacial score (nSPS) is 28.3. The van der Waals surface area contributed by atoms with Crippen LogP contribution in [0.2, 0.25) is 0 Å². The summed E-state index contributed by atoms with van der Waals surface area (Å²) in [4.78, 5) is 18.7. The maximum Gasteiger partial charge on any atom is 0.411 e. The molecule has 3 rings (SSSR count). The minimum absolute atomic E-state index is 0.433. The molecule has 1 aromatic carbocycles. The zero-order valence-corrected chi connectivity index (χ0v) is 10.9. The second-order valence-corrected chi connectivity index (χ2v) is 4.74. The van der Waals surface area contributed by atoms with E-state index in [4.69, 9.17) is 9.57 Å². The van der Waals surface area contributed by atoms with E-state index in [0.29, 0.717) is 13.0 Å². The van der Waals surface area contributed by atoms with E-state index < -0.39 is 17.9 Å². The first-order valence-corrected chi connectivity index (χ1v) is 6.13. The van der Waals surface area contributed by atoms with Crippen molar-refractivity contribution in [2.75, 3.05) is 25.8 Å². The van der Waals surface area contributed by atoms with E-state index in [1.807, 2.05) is 24.3 Å². The van der Waals surface area contributed by atoms with Crippen molar-refractivity contribution >= 4 is 11.8 Å². The molecule has 2 unspecified atom stereocenters. The highest BCUT2D eigenvalue weighted by Crippen LogP contribution is 2.50. The van der Waals surface area contributed by atoms with Gasteiger partial charge in [-0.05, 0) is 6.07 Å². The third kappa shape index (κ3) is 1.47. The third-order valence-electron chi connectivity index (χ3n) is 3.89. The molecule has 0 bridgehead atoms. The summed E-state index contributed by atoms with van der Waals surface area (Å²) >= 11 is 0. The van der Waals surface area contributed by atoms with Crippen molar-refractivity contribution in [1.82, 2.24) is 4.90 Å². The van der Waals surface area contributed by atoms with Crippen molar-refractivity contribution in [2.45, 2.75) is 18.2 Å². The summed E-state index contributed by atoms with van der Waals surface area (Å²) in [6.45, 7) is 0.433. The number of aliphatic hydroxyl groups is 1. The molecule has 6 nitrogen and oxygen atoms in total. The molecule has 2 aliphatic rings. The molecule has 2 atom stereocenters. The lowest BCUT2D eigenvalue weighted by molar-refractivity contribution is -0.0263. The van der Waals surface area contributed by atoms with Crippen molar-refractivity contribution in [1.29, 1.82) is 0 Å². The molecule has 19 heavy (non-hydrogen) atoms. The van der Waals surface area contributed by atoms with Gasteiger partial charge in [-0.15, -0.1) is 0 Å². The van der Waals surface area contributed by atoms with Crippen molar-refractivity contribution in [3.8, 4) is 0 Å². The van der Waals surface area contributed by atoms with E-state index in [2.05, 4.69) is 0 Å². The molecule has 1 amide bonds. The number of rotatable bonds is 1. The highest BCUT2D eigenvalue weighted by Gasteiger charge is 2.59. The molecule has 0 radical (unpaired) electrons. The summed E-state index contributed by atoms with van der Waals surface area (Å²) < 4.78 is 4.77. The Morgan fingerprint density at radius 2 is 2.16 bits per heavy atom. The number of carbonyl (C=O) groups is 1. The van der Waals surface area contributed by atoms with Gasteiger partial charge in [0.1, 0.15) is 5.60 Å². The largest absolute Gasteiger partial charge is 0.453 e. The molecule has 0 aliphatic carbocycles. The predicted molar refractivity (Wildman–Crippen MR) is 67.3 cm³/mol. The van der Waals surface area contributed by atoms with Gasteiger partial charge in [-0.2, -0.15) is 0 Å². The van der Waals surface area contributed by atoms with Gasteiger partial charge in [0.2, 0.25) is 0 Å². The quantitative estimate of drug-likeness (QED) is 0.821. The summed E-state index contributed by atoms with van der Waals surface area (Å²) in [5.41, 5.74) is 0.459. The van der Waals surface area contributed by atoms with E-state index in [-0.39, 0.29) is 0 Å². The number of hydroxylamine groups is 1. The summed E-state index contributed by atoms with van der Waals surface area (Å²) in [7, 11) is 2.86. The molecule has 6 heteroatoms. The molecule has 1 aromatic rings. The van der Waals surface area contributed by atoms with E-state index >= 15 is 0 Å². The van der Waals surface area contributed by atoms with Gasteiger partial charge >= 0.3 is 6.09 Å². The molecular formula is C13H16N2O4. The van der Waals surface area contributed by atoms with Gasteiger partial charge in [0.25, 0.3) is 0 Å². The molecule has 0 aromatic heterocycles. The fourth-order valence-electron chi connectivity index (χ4n) is 3.06. The smallest absolute Gasteiger partial charge is 0.411 e. The molecule has 2 aliphatic heterocycles. The first-order valence-electron chi connectivity index (χ1n) is 6.13. The molecule has 102 valence electrons. The molecule has 0 spiro atoms. The lowest BCUT2D eigenvalue weighted by Crippen LogP contribution is -2.51. The molecule has 1 N–H and O–H groups in total. The summed E-state index contributed by atoms with van der Waals surface area (Å²) in [5, 5.41) is 12.5. The van der Waals surface area contributed by atoms with Crippen LogP contribution in [0.25, 0.3) is 0 Å². The highest BCUT2D eigenvalue weighted by atomic mass is 16.7. The zero-order valence-electron chi connectivity index (χ0n) is 10.9. The number of hydrogen-bond acceptors (Lipinski definition) is 5. The average Bonchev–Trinajstić information content (AvgIpc) is 2.89. The van der Waals surface area contributed by atoms with Gasteiger partial charge in [0, 0.05) is 18.5 Å². The molecule has 0 saturated carbocycles. The molecule has 1 fully saturated rings. The first kappa shape index (κ1) is 12.3. The molecular weight excluding hydrogens is 248 g/mol. The fraction of sp³-hybridized carbons (Fsp3) is 0.462. The average molecular weight is 264 g/mol. The van der Waals surface area contributed by atoms with Crippen LogP contribution in [0.15, 0.2) is 24.3 Å². The Labute approximate surface area is 111 Å². The summed E-state index contributed by atoms with van der Waals surface area (Å²) in [6.07, 6.45) is -0.581. The maximum atomic E-state index is 11.8. The van der Waals surface area contributed by atoms with Crippen molar-refractivity contribution < 1.29 is 19.5 Å². The minimum Gasteiger partial charge on any atom is -0.453 e. The molecule has 1 saturated heterocycles. The number of benzene rings is 1. The van der Waals surface area contributed by atoms with Crippen LogP contribution < -0.4 is 5.06 Å². The third-order valence-corrected chi connectivity index (χ3v) is 3.89. The Morgan fingerprint density at radius 1 is 1.42 bits per heavy atom. The second kappa shape index (κ2) is 4.11. The van der Waals surface area contributed by atoms with E-state index in [9.17, 15) is 9.90 Å². The first-order chi connectivity index (χ1) is 9.13. The predicted octanol–water partition coefficient (Wildman–Crippen LogP) is 1.05. The Morgan fingerprint density at radius 3 is 2.84 bits per heavy atom. The Hall–Kier alpha value is -1.79. The lowest BCUT2D eigenvalue weighted by atomic mass is 9.93. The van der Waals surface area contributed by atoms with Crippen LogP contribution in [-0.2, 0) is 15.2 Å². The van der Waals surface area contributed by atoms with Crippen molar-refractivity contribution in [3.63, 3.8) is 0 Å². The Bertz CT molecular complexity index is 521. The number of amides is 1. The number of fused-ring (bicyclic) bond motifs is 3. The van der Waals surface area contributed by atoms with Crippen molar-refractivity contribution in [2.24, 2.45) is 0 Å². The standard InChI is InChI=1S/C13H16N2O4/c1-18-12(16)14-8-7-13(17)9-5-3-4-6-10(9)15(19-2)11(13)14/h3-6,11,17H,7-8H2,1-2H3. The second-order valence-electron chi connectivity index (χ2n) is 4.74. The zero-order chi connectivity index (χ0) is 13.6. The Kier molecular flexibility index (Phi) is 2.65. The van der Waals surface area contributed by atoms with Gasteiger partial charge in [-0.1, -0.05) is 18.2 Å². The van der Waals surface area contributed by atoms with E-state index in [1.165, 1.54) is 19.1 Å². The number of para-hydroxylation sites is 1. The highest BCUT2D eigenvalue weighted by molar-refractivity contribution is 5.72. The number of carbonyl (C=O) groups excluding carboxylic acids is 1. The van der Waals surface area contributed by atoms with E-state index in [0.717, 1.165) is 11.3 Å². The SMILES string of the molecule is COC(=O)N1CCC2(O)c3ccccc3N(OC)C12. The number of likely N-dealkylation sites (tertiary alicyclic amines) is 1. The Balaban J connectivity index is 2.09. The summed E-state index contributed by atoms with van der Waals surface area (Å²) in [5.74, 6) is 0. The van der Waals surface area contributed by atoms with Crippen LogP contribution >= 0.6 is 0 Å². The number of hydrogen-bond donors (Lipinski definition) is 1. The van der Waals surface area contributed by atoms with Gasteiger partial charge in [0.15, 0.2) is 6.17 Å². The summed E-state index contributed by atoms with van der Waals surface area (Å²) in [6, 6.07) is 7.47. The van der Waals surface area contributed by atoms with Crippen LogP contribution in [0.5, 0.6) is 0 Å². The minimum atomic E-state index is -1.11.